The molecule has 1 aromatic rings. The third-order valence-corrected chi connectivity index (χ3v) is 1.89. The van der Waals surface area contributed by atoms with Crippen LogP contribution in [0.3, 0.4) is 0 Å². The number of aliphatic hydroxyl groups excluding tert-OH is 2. The number of hydrogen-bond acceptors (Lipinski definition) is 5. The molecule has 0 aliphatic rings. The molecule has 5 N–H and O–H groups in total. The van der Waals surface area contributed by atoms with E-state index >= 15 is 0 Å². The van der Waals surface area contributed by atoms with E-state index in [1.165, 1.54) is 10.9 Å². The van der Waals surface area contributed by atoms with Gasteiger partial charge in [-0.2, -0.15) is 5.10 Å². The molecule has 1 aromatic heterocycles. The Labute approximate surface area is 79.4 Å². The summed E-state index contributed by atoms with van der Waals surface area (Å²) in [6.45, 7) is 0. The van der Waals surface area contributed by atoms with Crippen molar-refractivity contribution in [3.63, 3.8) is 0 Å². The van der Waals surface area contributed by atoms with Gasteiger partial charge in [0.05, 0.1) is 6.20 Å². The minimum Gasteiger partial charge on any atom is -0.479 e. The van der Waals surface area contributed by atoms with Crippen LogP contribution in [0.25, 0.3) is 0 Å². The van der Waals surface area contributed by atoms with Crippen LogP contribution in [0.2, 0.25) is 0 Å². The van der Waals surface area contributed by atoms with Gasteiger partial charge in [0.15, 0.2) is 6.10 Å². The van der Waals surface area contributed by atoms with Crippen molar-refractivity contribution >= 4 is 11.8 Å². The summed E-state index contributed by atoms with van der Waals surface area (Å²) in [6.07, 6.45) is -2.26. The molecular weight excluding hydrogens is 190 g/mol. The molecule has 0 bridgehead atoms. The van der Waals surface area contributed by atoms with E-state index in [0.29, 0.717) is 0 Å². The number of nitrogen functional groups attached to an aromatic ring is 1. The molecular formula is C7H11N3O4. The topological polar surface area (TPSA) is 122 Å². The van der Waals surface area contributed by atoms with E-state index in [9.17, 15) is 9.90 Å². The van der Waals surface area contributed by atoms with Crippen LogP contribution in [0.15, 0.2) is 6.20 Å². The van der Waals surface area contributed by atoms with E-state index in [1.807, 2.05) is 0 Å². The summed E-state index contributed by atoms with van der Waals surface area (Å²) in [7, 11) is 1.54. The fraction of sp³-hybridized carbons (Fsp3) is 0.429. The highest BCUT2D eigenvalue weighted by molar-refractivity contribution is 5.73. The lowest BCUT2D eigenvalue weighted by Crippen LogP contribution is -2.27. The van der Waals surface area contributed by atoms with E-state index < -0.39 is 18.2 Å². The predicted octanol–water partition coefficient (Wildman–Crippen LogP) is -1.52. The van der Waals surface area contributed by atoms with Crippen molar-refractivity contribution in [1.82, 2.24) is 9.78 Å². The minimum absolute atomic E-state index is 0.0994. The molecule has 0 amide bonds. The molecule has 7 heteroatoms. The van der Waals surface area contributed by atoms with E-state index in [1.54, 1.807) is 7.05 Å². The molecule has 78 valence electrons. The van der Waals surface area contributed by atoms with Crippen molar-refractivity contribution in [2.24, 2.45) is 7.05 Å². The first-order valence-electron chi connectivity index (χ1n) is 3.81. The summed E-state index contributed by atoms with van der Waals surface area (Å²) >= 11 is 0. The van der Waals surface area contributed by atoms with Gasteiger partial charge in [-0.3, -0.25) is 4.68 Å². The number of aromatic nitrogens is 2. The van der Waals surface area contributed by atoms with E-state index in [0.717, 1.165) is 0 Å². The maximum absolute atomic E-state index is 10.4. The van der Waals surface area contributed by atoms with Gasteiger partial charge in [-0.05, 0) is 0 Å². The number of aliphatic hydroxyl groups is 2. The molecule has 0 saturated carbocycles. The van der Waals surface area contributed by atoms with Crippen LogP contribution in [-0.4, -0.2) is 37.2 Å². The average Bonchev–Trinajstić information content (AvgIpc) is 2.45. The van der Waals surface area contributed by atoms with Crippen molar-refractivity contribution < 1.29 is 20.1 Å². The van der Waals surface area contributed by atoms with Crippen molar-refractivity contribution in [3.8, 4) is 0 Å². The highest BCUT2D eigenvalue weighted by Gasteiger charge is 2.28. The summed E-state index contributed by atoms with van der Waals surface area (Å²) < 4.78 is 1.27. The third kappa shape index (κ3) is 1.68. The first kappa shape index (κ1) is 10.5. The van der Waals surface area contributed by atoms with Crippen LogP contribution in [-0.2, 0) is 11.8 Å². The Bertz CT molecular complexity index is 349. The molecule has 0 aliphatic carbocycles. The number of aliphatic carboxylic acids is 1. The number of hydrogen-bond donors (Lipinski definition) is 4. The molecule has 0 spiro atoms. The summed E-state index contributed by atoms with van der Waals surface area (Å²) in [5, 5.41) is 30.6. The van der Waals surface area contributed by atoms with Gasteiger partial charge in [0.1, 0.15) is 11.9 Å². The Hall–Kier alpha value is -1.60. The first-order chi connectivity index (χ1) is 6.45. The molecule has 0 aliphatic heterocycles. The highest BCUT2D eigenvalue weighted by atomic mass is 16.4. The van der Waals surface area contributed by atoms with Gasteiger partial charge in [0.25, 0.3) is 0 Å². The number of carboxylic acids is 1. The average molecular weight is 201 g/mol. The molecule has 1 heterocycles. The Morgan fingerprint density at radius 2 is 2.21 bits per heavy atom. The van der Waals surface area contributed by atoms with E-state index in [-0.39, 0.29) is 11.4 Å². The second kappa shape index (κ2) is 3.64. The standard InChI is InChI=1S/C7H11N3O4/c1-10-6(8)3(2-9-10)4(11)5(12)7(13)14/h2,4-5,11-12H,8H2,1H3,(H,13,14). The summed E-state index contributed by atoms with van der Waals surface area (Å²) in [4.78, 5) is 10.4. The van der Waals surface area contributed by atoms with Gasteiger partial charge in [0.2, 0.25) is 0 Å². The lowest BCUT2D eigenvalue weighted by Gasteiger charge is -2.12. The SMILES string of the molecule is Cn1ncc(C(O)C(O)C(=O)O)c1N. The van der Waals surface area contributed by atoms with Crippen molar-refractivity contribution in [1.29, 1.82) is 0 Å². The smallest absolute Gasteiger partial charge is 0.335 e. The molecule has 1 rings (SSSR count). The Kier molecular flexibility index (Phi) is 2.73. The molecule has 2 atom stereocenters. The number of rotatable bonds is 3. The van der Waals surface area contributed by atoms with Crippen LogP contribution in [0.4, 0.5) is 5.82 Å². The second-order valence-electron chi connectivity index (χ2n) is 2.84. The van der Waals surface area contributed by atoms with E-state index in [4.69, 9.17) is 15.9 Å². The Morgan fingerprint density at radius 3 is 2.57 bits per heavy atom. The fourth-order valence-corrected chi connectivity index (χ4v) is 0.997. The van der Waals surface area contributed by atoms with Crippen molar-refractivity contribution in [2.75, 3.05) is 5.73 Å². The normalized spacial score (nSPS) is 15.1. The highest BCUT2D eigenvalue weighted by Crippen LogP contribution is 2.22. The maximum Gasteiger partial charge on any atom is 0.335 e. The lowest BCUT2D eigenvalue weighted by atomic mass is 10.1. The van der Waals surface area contributed by atoms with Gasteiger partial charge in [-0.25, -0.2) is 4.79 Å². The summed E-state index contributed by atoms with van der Waals surface area (Å²) in [5.41, 5.74) is 5.58. The molecule has 2 unspecified atom stereocenters. The fourth-order valence-electron chi connectivity index (χ4n) is 0.997. The third-order valence-electron chi connectivity index (χ3n) is 1.89. The number of nitrogens with two attached hydrogens (primary N) is 1. The van der Waals surface area contributed by atoms with E-state index in [2.05, 4.69) is 5.10 Å². The van der Waals surface area contributed by atoms with Crippen LogP contribution < -0.4 is 5.73 Å². The van der Waals surface area contributed by atoms with Crippen LogP contribution in [0.1, 0.15) is 11.7 Å². The minimum atomic E-state index is -1.90. The summed E-state index contributed by atoms with van der Waals surface area (Å²) in [6, 6.07) is 0. The van der Waals surface area contributed by atoms with Gasteiger partial charge >= 0.3 is 5.97 Å². The largest absolute Gasteiger partial charge is 0.479 e. The van der Waals surface area contributed by atoms with Crippen LogP contribution in [0.5, 0.6) is 0 Å². The maximum atomic E-state index is 10.4. The van der Waals surface area contributed by atoms with Gasteiger partial charge in [-0.1, -0.05) is 0 Å². The van der Waals surface area contributed by atoms with Gasteiger partial charge in [-0.15, -0.1) is 0 Å². The molecule has 7 nitrogen and oxygen atoms in total. The van der Waals surface area contributed by atoms with Gasteiger partial charge < -0.3 is 21.1 Å². The molecule has 0 fully saturated rings. The van der Waals surface area contributed by atoms with Crippen LogP contribution in [0, 0.1) is 0 Å². The zero-order chi connectivity index (χ0) is 10.9. The van der Waals surface area contributed by atoms with Crippen molar-refractivity contribution in [2.45, 2.75) is 12.2 Å². The number of nitrogens with zero attached hydrogens (tertiary/aromatic N) is 2. The van der Waals surface area contributed by atoms with Crippen molar-refractivity contribution in [3.05, 3.63) is 11.8 Å². The quantitative estimate of drug-likeness (QED) is 0.471. The number of anilines is 1. The second-order valence-corrected chi connectivity index (χ2v) is 2.84. The number of carboxylic acid groups (broad SMARTS) is 1. The molecule has 0 saturated heterocycles. The monoisotopic (exact) mass is 201 g/mol. The summed E-state index contributed by atoms with van der Waals surface area (Å²) in [5.74, 6) is -1.39. The first-order valence-corrected chi connectivity index (χ1v) is 3.81. The van der Waals surface area contributed by atoms with Crippen LogP contribution >= 0.6 is 0 Å². The number of carbonyl (C=O) groups is 1. The molecule has 0 aromatic carbocycles. The number of aryl methyl sites for hydroxylation is 1. The lowest BCUT2D eigenvalue weighted by molar-refractivity contribution is -0.153. The van der Waals surface area contributed by atoms with Gasteiger partial charge in [0, 0.05) is 12.6 Å². The molecule has 0 radical (unpaired) electrons. The zero-order valence-electron chi connectivity index (χ0n) is 7.45. The Balaban J connectivity index is 2.94. The molecule has 14 heavy (non-hydrogen) atoms. The zero-order valence-corrected chi connectivity index (χ0v) is 7.45. The predicted molar refractivity (Wildman–Crippen MR) is 46.2 cm³/mol. The Morgan fingerprint density at radius 1 is 1.64 bits per heavy atom.